The number of likely N-dealkylation sites (tertiary alicyclic amines) is 1. The molecule has 2 aromatic carbocycles. The van der Waals surface area contributed by atoms with Crippen LogP contribution in [-0.4, -0.2) is 41.2 Å². The fraction of sp³-hybridized carbons (Fsp3) is 0.471. The van der Waals surface area contributed by atoms with Gasteiger partial charge >= 0.3 is 5.97 Å². The molecule has 3 unspecified atom stereocenters. The summed E-state index contributed by atoms with van der Waals surface area (Å²) in [5.41, 5.74) is 5.70. The van der Waals surface area contributed by atoms with Crippen molar-refractivity contribution >= 4 is 5.97 Å². The highest BCUT2D eigenvalue weighted by atomic mass is 19.1. The lowest BCUT2D eigenvalue weighted by Gasteiger charge is -2.31. The second-order valence-electron chi connectivity index (χ2n) is 12.0. The molecule has 3 aliphatic rings. The minimum atomic E-state index is -0.749. The van der Waals surface area contributed by atoms with Gasteiger partial charge in [0, 0.05) is 17.7 Å². The summed E-state index contributed by atoms with van der Waals surface area (Å²) in [5.74, 6) is 0.106. The van der Waals surface area contributed by atoms with Crippen LogP contribution >= 0.6 is 0 Å². The maximum Gasteiger partial charge on any atom is 0.306 e. The van der Waals surface area contributed by atoms with Gasteiger partial charge in [0.2, 0.25) is 5.88 Å². The number of rotatable bonds is 9. The van der Waals surface area contributed by atoms with Crippen LogP contribution in [0, 0.1) is 17.7 Å². The van der Waals surface area contributed by atoms with Gasteiger partial charge in [-0.15, -0.1) is 0 Å². The molecule has 6 rings (SSSR count). The molecule has 1 aliphatic carbocycles. The summed E-state index contributed by atoms with van der Waals surface area (Å²) in [7, 11) is 1.54. The lowest BCUT2D eigenvalue weighted by atomic mass is 9.82. The zero-order chi connectivity index (χ0) is 28.7. The van der Waals surface area contributed by atoms with Crippen molar-refractivity contribution in [1.82, 2.24) is 9.88 Å². The maximum atomic E-state index is 15.1. The van der Waals surface area contributed by atoms with Gasteiger partial charge in [-0.1, -0.05) is 31.2 Å². The molecule has 1 aromatic heterocycles. The van der Waals surface area contributed by atoms with E-state index in [1.807, 2.05) is 13.0 Å². The van der Waals surface area contributed by atoms with E-state index in [1.165, 1.54) is 19.0 Å². The molecule has 41 heavy (non-hydrogen) atoms. The maximum absolute atomic E-state index is 15.1. The molecule has 1 saturated heterocycles. The van der Waals surface area contributed by atoms with E-state index in [1.54, 1.807) is 13.2 Å². The Morgan fingerprint density at radius 1 is 1.07 bits per heavy atom. The molecule has 1 saturated carbocycles. The van der Waals surface area contributed by atoms with Crippen LogP contribution in [0.3, 0.4) is 0 Å². The predicted octanol–water partition coefficient (Wildman–Crippen LogP) is 7.33. The summed E-state index contributed by atoms with van der Waals surface area (Å²) >= 11 is 0. The van der Waals surface area contributed by atoms with Crippen LogP contribution in [-0.2, 0) is 11.2 Å². The van der Waals surface area contributed by atoms with Gasteiger partial charge in [0.25, 0.3) is 0 Å². The van der Waals surface area contributed by atoms with E-state index in [-0.39, 0.29) is 23.9 Å². The number of hydrogen-bond donors (Lipinski definition) is 1. The third-order valence-electron chi connectivity index (χ3n) is 9.39. The van der Waals surface area contributed by atoms with Gasteiger partial charge in [0.05, 0.1) is 19.2 Å². The first-order valence-corrected chi connectivity index (χ1v) is 14.9. The summed E-state index contributed by atoms with van der Waals surface area (Å²) in [6.45, 7) is 6.08. The van der Waals surface area contributed by atoms with Gasteiger partial charge in [0.15, 0.2) is 0 Å². The summed E-state index contributed by atoms with van der Waals surface area (Å²) in [4.78, 5) is 18.4. The molecule has 0 spiro atoms. The zero-order valence-corrected chi connectivity index (χ0v) is 24.1. The number of carboxylic acids is 1. The Morgan fingerprint density at radius 2 is 1.85 bits per heavy atom. The first-order chi connectivity index (χ1) is 19.8. The average Bonchev–Trinajstić information content (AvgIpc) is 3.67. The lowest BCUT2D eigenvalue weighted by Crippen LogP contribution is -2.24. The highest BCUT2D eigenvalue weighted by molar-refractivity contribution is 5.71. The van der Waals surface area contributed by atoms with Gasteiger partial charge < -0.3 is 14.6 Å². The number of benzene rings is 2. The third kappa shape index (κ3) is 5.56. The standard InChI is InChI=1S/C34H39FN2O4/c1-20(34(38)39)33(23-7-8-23)25-9-6-22-11-13-30(41-31(22)17-25)24-10-12-26(28-18-32(40-3)36-19-29(28)35)27(16-24)21(2)37-14-4-5-15-37/h6,9-10,12,16-21,23,30,33H,4-5,7-8,11,13-15H2,1-3H3,(H,38,39)/t20-,21?,30?,33?/m0/s1. The van der Waals surface area contributed by atoms with E-state index in [0.29, 0.717) is 17.4 Å². The van der Waals surface area contributed by atoms with Crippen LogP contribution in [0.15, 0.2) is 48.7 Å². The Morgan fingerprint density at radius 3 is 2.56 bits per heavy atom. The van der Waals surface area contributed by atoms with E-state index in [2.05, 4.69) is 47.1 Å². The molecule has 4 atom stereocenters. The van der Waals surface area contributed by atoms with Crippen molar-refractivity contribution in [2.75, 3.05) is 20.2 Å². The molecule has 2 fully saturated rings. The van der Waals surface area contributed by atoms with E-state index < -0.39 is 11.9 Å². The fourth-order valence-corrected chi connectivity index (χ4v) is 6.84. The fourth-order valence-electron chi connectivity index (χ4n) is 6.84. The molecule has 216 valence electrons. The molecule has 2 aliphatic heterocycles. The topological polar surface area (TPSA) is 71.9 Å². The van der Waals surface area contributed by atoms with Crippen LogP contribution in [0.5, 0.6) is 11.6 Å². The predicted molar refractivity (Wildman–Crippen MR) is 156 cm³/mol. The summed E-state index contributed by atoms with van der Waals surface area (Å²) < 4.78 is 27.1. The summed E-state index contributed by atoms with van der Waals surface area (Å²) in [5, 5.41) is 9.75. The van der Waals surface area contributed by atoms with Crippen molar-refractivity contribution in [3.8, 4) is 22.8 Å². The Kier molecular flexibility index (Phi) is 7.73. The van der Waals surface area contributed by atoms with Gasteiger partial charge in [-0.25, -0.2) is 9.37 Å². The number of halogens is 1. The summed E-state index contributed by atoms with van der Waals surface area (Å²) in [6.07, 6.45) is 7.33. The molecule has 0 amide bonds. The largest absolute Gasteiger partial charge is 0.485 e. The van der Waals surface area contributed by atoms with Gasteiger partial charge in [-0.2, -0.15) is 0 Å². The molecule has 0 bridgehead atoms. The number of pyridine rings is 1. The monoisotopic (exact) mass is 558 g/mol. The number of carbonyl (C=O) groups is 1. The number of hydrogen-bond acceptors (Lipinski definition) is 5. The molecular formula is C34H39FN2O4. The Bertz CT molecular complexity index is 1430. The van der Waals surface area contributed by atoms with E-state index >= 15 is 4.39 Å². The number of aromatic nitrogens is 1. The van der Waals surface area contributed by atoms with Gasteiger partial charge in [0.1, 0.15) is 17.7 Å². The van der Waals surface area contributed by atoms with E-state index in [9.17, 15) is 9.90 Å². The summed E-state index contributed by atoms with van der Waals surface area (Å²) in [6, 6.07) is 14.4. The molecule has 3 heterocycles. The van der Waals surface area contributed by atoms with Crippen LogP contribution in [0.4, 0.5) is 4.39 Å². The van der Waals surface area contributed by atoms with Crippen LogP contribution in [0.2, 0.25) is 0 Å². The minimum Gasteiger partial charge on any atom is -0.485 e. The van der Waals surface area contributed by atoms with Crippen LogP contribution < -0.4 is 9.47 Å². The van der Waals surface area contributed by atoms with Crippen LogP contribution in [0.1, 0.15) is 86.3 Å². The van der Waals surface area contributed by atoms with Crippen LogP contribution in [0.25, 0.3) is 11.1 Å². The number of carboxylic acid groups (broad SMARTS) is 1. The van der Waals surface area contributed by atoms with Crippen molar-refractivity contribution in [3.05, 3.63) is 76.7 Å². The number of aryl methyl sites for hydroxylation is 1. The highest BCUT2D eigenvalue weighted by Crippen LogP contribution is 2.48. The average molecular weight is 559 g/mol. The van der Waals surface area contributed by atoms with Crippen molar-refractivity contribution in [3.63, 3.8) is 0 Å². The van der Waals surface area contributed by atoms with Crippen molar-refractivity contribution in [1.29, 1.82) is 0 Å². The van der Waals surface area contributed by atoms with E-state index in [0.717, 1.165) is 72.3 Å². The quantitative estimate of drug-likeness (QED) is 0.296. The third-order valence-corrected chi connectivity index (χ3v) is 9.39. The molecule has 1 N–H and O–H groups in total. The second kappa shape index (κ2) is 11.4. The highest BCUT2D eigenvalue weighted by Gasteiger charge is 2.39. The van der Waals surface area contributed by atoms with Crippen molar-refractivity contribution < 1.29 is 23.8 Å². The Balaban J connectivity index is 1.34. The molecule has 0 radical (unpaired) electrons. The number of aliphatic carboxylic acids is 1. The van der Waals surface area contributed by atoms with Gasteiger partial charge in [-0.3, -0.25) is 9.69 Å². The van der Waals surface area contributed by atoms with Crippen molar-refractivity contribution in [2.45, 2.75) is 70.4 Å². The molecule has 3 aromatic rings. The first-order valence-electron chi connectivity index (χ1n) is 14.9. The van der Waals surface area contributed by atoms with E-state index in [4.69, 9.17) is 9.47 Å². The minimum absolute atomic E-state index is 0.00113. The smallest absolute Gasteiger partial charge is 0.306 e. The molecule has 7 heteroatoms. The normalized spacial score (nSPS) is 21.0. The van der Waals surface area contributed by atoms with Gasteiger partial charge in [-0.05, 0) is 110 Å². The Hall–Kier alpha value is -3.45. The SMILES string of the molecule is COc1cc(-c2ccc(C3CCc4ccc(C(C5CC5)[C@H](C)C(=O)O)cc4O3)cc2C(C)N2CCCC2)c(F)cn1. The first kappa shape index (κ1) is 27.7. The van der Waals surface area contributed by atoms with Crippen molar-refractivity contribution in [2.24, 2.45) is 11.8 Å². The molecular weight excluding hydrogens is 519 g/mol. The number of nitrogens with zero attached hydrogens (tertiary/aromatic N) is 2. The Labute approximate surface area is 241 Å². The zero-order valence-electron chi connectivity index (χ0n) is 24.1. The number of ether oxygens (including phenoxy) is 2. The molecule has 6 nitrogen and oxygen atoms in total. The number of fused-ring (bicyclic) bond motifs is 1. The lowest BCUT2D eigenvalue weighted by molar-refractivity contribution is -0.142. The number of methoxy groups -OCH3 is 1. The second-order valence-corrected chi connectivity index (χ2v) is 12.0.